The zero-order valence-electron chi connectivity index (χ0n) is 38.4. The molecule has 0 saturated carbocycles. The molecule has 2 N–H and O–H groups in total. The molecule has 1 aliphatic carbocycles. The first kappa shape index (κ1) is 45.8. The molecule has 68 heavy (non-hydrogen) atoms. The van der Waals surface area contributed by atoms with Gasteiger partial charge < -0.3 is 10.6 Å². The summed E-state index contributed by atoms with van der Waals surface area (Å²) < 4.78 is 0. The lowest BCUT2D eigenvalue weighted by molar-refractivity contribution is 1.26. The Balaban J connectivity index is 1.07. The molecule has 0 radical (unpaired) electrons. The van der Waals surface area contributed by atoms with Crippen LogP contribution in [0, 0.1) is 0 Å². The third-order valence-corrected chi connectivity index (χ3v) is 11.7. The van der Waals surface area contributed by atoms with Crippen LogP contribution in [0.1, 0.15) is 35.1 Å². The minimum absolute atomic E-state index is 0.736. The van der Waals surface area contributed by atoms with Crippen molar-refractivity contribution in [1.29, 1.82) is 0 Å². The van der Waals surface area contributed by atoms with Crippen LogP contribution in [0.5, 0.6) is 0 Å². The van der Waals surface area contributed by atoms with Crippen LogP contribution in [0.25, 0.3) is 56.2 Å². The fourth-order valence-electron chi connectivity index (χ4n) is 8.23. The molecule has 0 aliphatic heterocycles. The van der Waals surface area contributed by atoms with Crippen molar-refractivity contribution in [2.75, 3.05) is 10.6 Å². The molecule has 0 spiro atoms. The van der Waals surface area contributed by atoms with Gasteiger partial charge in [-0.15, -0.1) is 0 Å². The molecule has 0 aromatic heterocycles. The number of nitrogens with one attached hydrogen (secondary N) is 2. The molecule has 0 bridgehead atoms. The molecule has 1 aliphatic rings. The van der Waals surface area contributed by atoms with Crippen LogP contribution >= 0.6 is 0 Å². The first-order valence-corrected chi connectivity index (χ1v) is 23.1. The molecule has 7 aromatic carbocycles. The molecule has 0 atom stereocenters. The van der Waals surface area contributed by atoms with Gasteiger partial charge in [-0.2, -0.15) is 0 Å². The Kier molecular flexibility index (Phi) is 15.8. The van der Waals surface area contributed by atoms with Gasteiger partial charge in [-0.05, 0) is 128 Å². The fourth-order valence-corrected chi connectivity index (χ4v) is 8.23. The molecular weight excluding hydrogens is 821 g/mol. The average Bonchev–Trinajstić information content (AvgIpc) is 3.40. The number of allylic oxidation sites excluding steroid dienone is 17. The van der Waals surface area contributed by atoms with Gasteiger partial charge in [-0.3, -0.25) is 0 Å². The van der Waals surface area contributed by atoms with Gasteiger partial charge in [-0.1, -0.05) is 238 Å². The number of rotatable bonds is 18. The number of hydrogen-bond acceptors (Lipinski definition) is 2. The maximum absolute atomic E-state index is 4.51. The van der Waals surface area contributed by atoms with Crippen molar-refractivity contribution in [1.82, 2.24) is 0 Å². The number of para-hydroxylation sites is 1. The monoisotopic (exact) mass is 876 g/mol. The van der Waals surface area contributed by atoms with E-state index < -0.39 is 0 Å². The van der Waals surface area contributed by atoms with Crippen LogP contribution in [-0.2, 0) is 0 Å². The predicted molar refractivity (Wildman–Crippen MR) is 297 cm³/mol. The summed E-state index contributed by atoms with van der Waals surface area (Å²) >= 11 is 0. The van der Waals surface area contributed by atoms with E-state index in [2.05, 4.69) is 249 Å². The van der Waals surface area contributed by atoms with E-state index >= 15 is 0 Å². The highest BCUT2D eigenvalue weighted by Crippen LogP contribution is 2.38. The predicted octanol–water partition coefficient (Wildman–Crippen LogP) is 18.3. The lowest BCUT2D eigenvalue weighted by Gasteiger charge is -2.18. The minimum Gasteiger partial charge on any atom is -0.362 e. The topological polar surface area (TPSA) is 24.1 Å². The van der Waals surface area contributed by atoms with Gasteiger partial charge in [-0.25, -0.2) is 0 Å². The summed E-state index contributed by atoms with van der Waals surface area (Å²) in [5.41, 5.74) is 18.7. The lowest BCUT2D eigenvalue weighted by Crippen LogP contribution is -1.98. The number of hydrogen-bond donors (Lipinski definition) is 2. The molecule has 0 amide bonds. The summed E-state index contributed by atoms with van der Waals surface area (Å²) in [4.78, 5) is 0. The van der Waals surface area contributed by atoms with Crippen molar-refractivity contribution in [3.63, 3.8) is 0 Å². The van der Waals surface area contributed by atoms with Crippen LogP contribution in [0.3, 0.4) is 0 Å². The third kappa shape index (κ3) is 12.1. The first-order valence-electron chi connectivity index (χ1n) is 23.1. The molecular formula is C66H56N2. The van der Waals surface area contributed by atoms with Gasteiger partial charge >= 0.3 is 0 Å². The van der Waals surface area contributed by atoms with Crippen molar-refractivity contribution in [2.45, 2.75) is 12.8 Å². The first-order chi connectivity index (χ1) is 33.6. The van der Waals surface area contributed by atoms with E-state index in [4.69, 9.17) is 0 Å². The second-order valence-electron chi connectivity index (χ2n) is 16.4. The Morgan fingerprint density at radius 1 is 0.588 bits per heavy atom. The molecule has 0 fully saturated rings. The summed E-state index contributed by atoms with van der Waals surface area (Å²) in [7, 11) is 0. The molecule has 0 heterocycles. The summed E-state index contributed by atoms with van der Waals surface area (Å²) in [6.45, 7) is 12.5. The molecule has 2 nitrogen and oxygen atoms in total. The fraction of sp³-hybridized carbons (Fsp3) is 0.0303. The van der Waals surface area contributed by atoms with E-state index in [1.54, 1.807) is 6.08 Å². The van der Waals surface area contributed by atoms with Crippen molar-refractivity contribution >= 4 is 39.9 Å². The van der Waals surface area contributed by atoms with E-state index in [1.165, 1.54) is 27.8 Å². The highest BCUT2D eigenvalue weighted by atomic mass is 14.9. The zero-order chi connectivity index (χ0) is 46.8. The largest absolute Gasteiger partial charge is 0.362 e. The number of anilines is 3. The van der Waals surface area contributed by atoms with Crippen molar-refractivity contribution < 1.29 is 0 Å². The summed E-state index contributed by atoms with van der Waals surface area (Å²) in [5.74, 6) is 0. The SMILES string of the molecule is C=C/C=C\C(=C)c1c(Nc2ccccc2)cccc1-c1cccc(C(/C=C/Nc2ccc(-c3ccccc3-c3ccccc3)cc2)=C/C/C=C\c2ccc(/C(C=C)=C/C=C3/C=CC=CC3)cc2)c1. The van der Waals surface area contributed by atoms with Crippen LogP contribution in [0.2, 0.25) is 0 Å². The zero-order valence-corrected chi connectivity index (χ0v) is 38.4. The Morgan fingerprint density at radius 3 is 2.00 bits per heavy atom. The molecule has 8 rings (SSSR count). The summed E-state index contributed by atoms with van der Waals surface area (Å²) in [6.07, 6.45) is 33.0. The van der Waals surface area contributed by atoms with E-state index in [0.29, 0.717) is 0 Å². The summed E-state index contributed by atoms with van der Waals surface area (Å²) in [5, 5.41) is 7.21. The molecule has 0 unspecified atom stereocenters. The van der Waals surface area contributed by atoms with Crippen molar-refractivity contribution in [3.05, 3.63) is 309 Å². The highest BCUT2D eigenvalue weighted by Gasteiger charge is 2.14. The Hall–Kier alpha value is -8.72. The average molecular weight is 877 g/mol. The van der Waals surface area contributed by atoms with Crippen LogP contribution in [0.4, 0.5) is 17.1 Å². The van der Waals surface area contributed by atoms with Gasteiger partial charge in [0.05, 0.1) is 0 Å². The minimum atomic E-state index is 0.736. The number of benzene rings is 7. The van der Waals surface area contributed by atoms with Crippen molar-refractivity contribution in [3.8, 4) is 33.4 Å². The van der Waals surface area contributed by atoms with E-state index in [0.717, 1.165) is 80.0 Å². The van der Waals surface area contributed by atoms with Crippen LogP contribution in [-0.4, -0.2) is 0 Å². The standard InChI is InChI=1S/C66H56N2/c1-4-6-22-50(3)66-64(35-21-36-65(66)68-61-31-14-9-15-32-61)59-30-20-29-58(49-59)54(26-17-16-25-52-38-41-55(42-39-52)53(5-2)40-37-51-23-10-7-11-24-51)47-48-67-60-45-43-57(44-46-60)63-34-19-18-33-62(63)56-27-12-8-13-28-56/h4-16,18-23,25-49,67-68H,1-3,17,24H2/b22-6-,25-16-,48-47+,51-37-,53-40+,54-26+. The van der Waals surface area contributed by atoms with Gasteiger partial charge in [0, 0.05) is 28.8 Å². The third-order valence-electron chi connectivity index (χ3n) is 11.7. The quantitative estimate of drug-likeness (QED) is 0.0840. The van der Waals surface area contributed by atoms with Gasteiger partial charge in [0.2, 0.25) is 0 Å². The Bertz CT molecular complexity index is 3110. The maximum atomic E-state index is 4.51. The van der Waals surface area contributed by atoms with Gasteiger partial charge in [0.1, 0.15) is 0 Å². The van der Waals surface area contributed by atoms with Crippen molar-refractivity contribution in [2.24, 2.45) is 0 Å². The summed E-state index contributed by atoms with van der Waals surface area (Å²) in [6, 6.07) is 61.8. The molecule has 330 valence electrons. The Labute approximate surface area is 403 Å². The van der Waals surface area contributed by atoms with E-state index in [9.17, 15) is 0 Å². The highest BCUT2D eigenvalue weighted by molar-refractivity contribution is 5.93. The Morgan fingerprint density at radius 2 is 1.28 bits per heavy atom. The second-order valence-corrected chi connectivity index (χ2v) is 16.4. The van der Waals surface area contributed by atoms with Gasteiger partial charge in [0.15, 0.2) is 0 Å². The molecule has 7 aromatic rings. The molecule has 0 saturated heterocycles. The maximum Gasteiger partial charge on any atom is 0.0470 e. The van der Waals surface area contributed by atoms with Gasteiger partial charge in [0.25, 0.3) is 0 Å². The normalized spacial score (nSPS) is 13.4. The molecule has 2 heteroatoms. The van der Waals surface area contributed by atoms with E-state index in [-0.39, 0.29) is 0 Å². The van der Waals surface area contributed by atoms with E-state index in [1.807, 2.05) is 42.6 Å². The van der Waals surface area contributed by atoms with Crippen LogP contribution < -0.4 is 10.6 Å². The smallest absolute Gasteiger partial charge is 0.0470 e. The van der Waals surface area contributed by atoms with Crippen LogP contribution in [0.15, 0.2) is 286 Å². The lowest BCUT2D eigenvalue weighted by atomic mass is 9.91. The second kappa shape index (κ2) is 23.5.